The van der Waals surface area contributed by atoms with Crippen molar-refractivity contribution >= 4 is 28.2 Å². The van der Waals surface area contributed by atoms with Crippen molar-refractivity contribution in [1.29, 1.82) is 0 Å². The first-order valence-corrected chi connectivity index (χ1v) is 8.41. The molecular weight excluding hydrogens is 288 g/mol. The number of thiazole rings is 1. The number of hydrogen-bond acceptors (Lipinski definition) is 6. The molecule has 0 unspecified atom stereocenters. The number of hydrogen-bond donors (Lipinski definition) is 2. The van der Waals surface area contributed by atoms with Crippen LogP contribution in [0.4, 0.5) is 10.9 Å². The van der Waals surface area contributed by atoms with Crippen LogP contribution in [0.15, 0.2) is 0 Å². The number of nitrogen functional groups attached to an aromatic ring is 1. The summed E-state index contributed by atoms with van der Waals surface area (Å²) in [7, 11) is 0. The number of ether oxygens (including phenoxy) is 1. The lowest BCUT2D eigenvalue weighted by molar-refractivity contribution is 0.0927. The van der Waals surface area contributed by atoms with Gasteiger partial charge in [-0.15, -0.1) is 0 Å². The molecule has 1 aromatic rings. The summed E-state index contributed by atoms with van der Waals surface area (Å²) in [6.45, 7) is 5.58. The van der Waals surface area contributed by atoms with Gasteiger partial charge in [-0.25, -0.2) is 4.98 Å². The van der Waals surface area contributed by atoms with E-state index in [1.54, 1.807) is 0 Å². The van der Waals surface area contributed by atoms with Crippen molar-refractivity contribution in [2.45, 2.75) is 32.6 Å². The van der Waals surface area contributed by atoms with E-state index in [9.17, 15) is 4.79 Å². The zero-order chi connectivity index (χ0) is 15.1. The lowest BCUT2D eigenvalue weighted by atomic mass is 10.2. The van der Waals surface area contributed by atoms with Gasteiger partial charge in [0.25, 0.3) is 5.91 Å². The summed E-state index contributed by atoms with van der Waals surface area (Å²) in [5.41, 5.74) is 5.90. The molecule has 0 spiro atoms. The summed E-state index contributed by atoms with van der Waals surface area (Å²) in [6, 6.07) is 0. The molecule has 2 heterocycles. The highest BCUT2D eigenvalue weighted by atomic mass is 32.1. The molecule has 21 heavy (non-hydrogen) atoms. The predicted molar refractivity (Wildman–Crippen MR) is 86.0 cm³/mol. The minimum Gasteiger partial charge on any atom is -0.382 e. The third-order valence-electron chi connectivity index (χ3n) is 3.46. The third-order valence-corrected chi connectivity index (χ3v) is 4.59. The fraction of sp³-hybridized carbons (Fsp3) is 0.714. The molecule has 1 saturated heterocycles. The fourth-order valence-corrected chi connectivity index (χ4v) is 3.29. The van der Waals surface area contributed by atoms with Crippen LogP contribution in [0.1, 0.15) is 42.3 Å². The Labute approximate surface area is 129 Å². The van der Waals surface area contributed by atoms with Crippen LogP contribution < -0.4 is 16.0 Å². The van der Waals surface area contributed by atoms with Gasteiger partial charge in [0.1, 0.15) is 10.7 Å². The second-order valence-corrected chi connectivity index (χ2v) is 6.04. The van der Waals surface area contributed by atoms with E-state index < -0.39 is 0 Å². The Bertz CT molecular complexity index is 456. The number of carbonyl (C=O) groups excluding carboxylic acids is 1. The second kappa shape index (κ2) is 8.19. The van der Waals surface area contributed by atoms with Gasteiger partial charge in [-0.1, -0.05) is 24.2 Å². The molecular formula is C14H24N4O2S. The molecule has 118 valence electrons. The Morgan fingerprint density at radius 3 is 2.76 bits per heavy atom. The van der Waals surface area contributed by atoms with Gasteiger partial charge in [0.15, 0.2) is 5.13 Å². The van der Waals surface area contributed by atoms with Crippen LogP contribution in [-0.4, -0.2) is 43.7 Å². The van der Waals surface area contributed by atoms with Crippen LogP contribution in [-0.2, 0) is 4.74 Å². The summed E-state index contributed by atoms with van der Waals surface area (Å²) in [6.07, 6.45) is 4.88. The summed E-state index contributed by atoms with van der Waals surface area (Å²) >= 11 is 1.38. The predicted octanol–water partition coefficient (Wildman–Crippen LogP) is 1.87. The summed E-state index contributed by atoms with van der Waals surface area (Å²) in [4.78, 5) is 19.2. The van der Waals surface area contributed by atoms with Gasteiger partial charge in [0.2, 0.25) is 0 Å². The van der Waals surface area contributed by atoms with E-state index in [1.165, 1.54) is 37.0 Å². The molecule has 0 aromatic carbocycles. The largest absolute Gasteiger partial charge is 0.382 e. The number of aromatic nitrogens is 1. The minimum atomic E-state index is -0.161. The number of rotatable bonds is 6. The van der Waals surface area contributed by atoms with E-state index >= 15 is 0 Å². The average Bonchev–Trinajstić information content (AvgIpc) is 2.70. The van der Waals surface area contributed by atoms with Crippen molar-refractivity contribution in [2.75, 3.05) is 43.5 Å². The van der Waals surface area contributed by atoms with Crippen molar-refractivity contribution in [3.8, 4) is 0 Å². The molecule has 0 radical (unpaired) electrons. The molecule has 2 rings (SSSR count). The van der Waals surface area contributed by atoms with Gasteiger partial charge in [-0.2, -0.15) is 0 Å². The average molecular weight is 312 g/mol. The molecule has 0 saturated carbocycles. The smallest absolute Gasteiger partial charge is 0.265 e. The van der Waals surface area contributed by atoms with Crippen LogP contribution in [0.3, 0.4) is 0 Å². The maximum absolute atomic E-state index is 12.1. The van der Waals surface area contributed by atoms with Crippen molar-refractivity contribution in [1.82, 2.24) is 10.3 Å². The fourth-order valence-electron chi connectivity index (χ4n) is 2.34. The molecule has 1 aliphatic heterocycles. The molecule has 1 amide bonds. The maximum atomic E-state index is 12.1. The van der Waals surface area contributed by atoms with Gasteiger partial charge in [0, 0.05) is 26.2 Å². The Balaban J connectivity index is 1.95. The van der Waals surface area contributed by atoms with E-state index in [2.05, 4.69) is 15.2 Å². The molecule has 3 N–H and O–H groups in total. The minimum absolute atomic E-state index is 0.161. The van der Waals surface area contributed by atoms with Crippen molar-refractivity contribution in [2.24, 2.45) is 0 Å². The Morgan fingerprint density at radius 1 is 1.38 bits per heavy atom. The summed E-state index contributed by atoms with van der Waals surface area (Å²) in [5.74, 6) is 0.166. The van der Waals surface area contributed by atoms with Gasteiger partial charge in [-0.3, -0.25) is 4.79 Å². The molecule has 7 heteroatoms. The lowest BCUT2D eigenvalue weighted by Gasteiger charge is -2.18. The number of carbonyl (C=O) groups is 1. The quantitative estimate of drug-likeness (QED) is 0.784. The molecule has 6 nitrogen and oxygen atoms in total. The van der Waals surface area contributed by atoms with E-state index in [1.807, 2.05) is 6.92 Å². The number of amides is 1. The van der Waals surface area contributed by atoms with Crippen molar-refractivity contribution < 1.29 is 9.53 Å². The number of nitrogens with zero attached hydrogens (tertiary/aromatic N) is 2. The van der Waals surface area contributed by atoms with Gasteiger partial charge < -0.3 is 20.7 Å². The zero-order valence-corrected chi connectivity index (χ0v) is 13.4. The molecule has 0 bridgehead atoms. The van der Waals surface area contributed by atoms with Crippen LogP contribution >= 0.6 is 11.3 Å². The Kier molecular flexibility index (Phi) is 6.25. The highest BCUT2D eigenvalue weighted by molar-refractivity contribution is 7.18. The zero-order valence-electron chi connectivity index (χ0n) is 12.6. The molecule has 1 aromatic heterocycles. The maximum Gasteiger partial charge on any atom is 0.265 e. The van der Waals surface area contributed by atoms with Crippen molar-refractivity contribution in [3.63, 3.8) is 0 Å². The lowest BCUT2D eigenvalue weighted by Crippen LogP contribution is -2.27. The standard InChI is InChI=1S/C14H24N4O2S/c1-2-20-10-7-16-13(19)11-12(15)17-14(21-11)18-8-5-3-4-6-9-18/h2-10,15H2,1H3,(H,16,19). The molecule has 0 atom stereocenters. The SMILES string of the molecule is CCOCCNC(=O)c1sc(N2CCCCCC2)nc1N. The van der Waals surface area contributed by atoms with Crippen molar-refractivity contribution in [3.05, 3.63) is 4.88 Å². The van der Waals surface area contributed by atoms with Crippen LogP contribution in [0.5, 0.6) is 0 Å². The van der Waals surface area contributed by atoms with Crippen LogP contribution in [0.25, 0.3) is 0 Å². The Hall–Kier alpha value is -1.34. The second-order valence-electron chi connectivity index (χ2n) is 5.06. The van der Waals surface area contributed by atoms with Gasteiger partial charge in [0.05, 0.1) is 6.61 Å². The van der Waals surface area contributed by atoms with E-state index in [0.717, 1.165) is 18.2 Å². The monoisotopic (exact) mass is 312 g/mol. The van der Waals surface area contributed by atoms with E-state index in [4.69, 9.17) is 10.5 Å². The van der Waals surface area contributed by atoms with Gasteiger partial charge in [-0.05, 0) is 19.8 Å². The highest BCUT2D eigenvalue weighted by Gasteiger charge is 2.20. The Morgan fingerprint density at radius 2 is 2.10 bits per heavy atom. The summed E-state index contributed by atoms with van der Waals surface area (Å²) < 4.78 is 5.20. The van der Waals surface area contributed by atoms with E-state index in [-0.39, 0.29) is 5.91 Å². The van der Waals surface area contributed by atoms with Crippen LogP contribution in [0.2, 0.25) is 0 Å². The molecule has 1 aliphatic rings. The van der Waals surface area contributed by atoms with Crippen LogP contribution in [0, 0.1) is 0 Å². The number of nitrogens with one attached hydrogen (secondary N) is 1. The summed E-state index contributed by atoms with van der Waals surface area (Å²) in [5, 5.41) is 3.68. The van der Waals surface area contributed by atoms with Gasteiger partial charge >= 0.3 is 0 Å². The molecule has 0 aliphatic carbocycles. The van der Waals surface area contributed by atoms with E-state index in [0.29, 0.717) is 30.5 Å². The number of anilines is 2. The topological polar surface area (TPSA) is 80.5 Å². The number of nitrogens with two attached hydrogens (primary N) is 1. The highest BCUT2D eigenvalue weighted by Crippen LogP contribution is 2.29. The third kappa shape index (κ3) is 4.57. The molecule has 1 fully saturated rings. The first-order valence-electron chi connectivity index (χ1n) is 7.59. The normalized spacial score (nSPS) is 15.8. The first kappa shape index (κ1) is 16.0. The first-order chi connectivity index (χ1) is 10.2.